The Bertz CT molecular complexity index is 547. The first kappa shape index (κ1) is 23.4. The van der Waals surface area contributed by atoms with Crippen LogP contribution in [0.15, 0.2) is 30.3 Å². The van der Waals surface area contributed by atoms with Gasteiger partial charge in [-0.2, -0.15) is 0 Å². The molecule has 0 saturated carbocycles. The fourth-order valence-electron chi connectivity index (χ4n) is 2.53. The van der Waals surface area contributed by atoms with E-state index in [4.69, 9.17) is 5.73 Å². The van der Waals surface area contributed by atoms with Crippen LogP contribution in [0.4, 0.5) is 0 Å². The molecule has 25 heavy (non-hydrogen) atoms. The number of hydrogen-bond donors (Lipinski definition) is 2. The molecule has 0 aliphatic carbocycles. The van der Waals surface area contributed by atoms with Crippen LogP contribution < -0.4 is 11.1 Å². The Morgan fingerprint density at radius 2 is 1.76 bits per heavy atom. The van der Waals surface area contributed by atoms with Gasteiger partial charge in [0, 0.05) is 20.0 Å². The van der Waals surface area contributed by atoms with E-state index in [9.17, 15) is 9.59 Å². The summed E-state index contributed by atoms with van der Waals surface area (Å²) in [5.74, 6) is 0.00366. The molecule has 2 amide bonds. The highest BCUT2D eigenvalue weighted by atomic mass is 35.5. The van der Waals surface area contributed by atoms with Gasteiger partial charge in [0.2, 0.25) is 11.8 Å². The van der Waals surface area contributed by atoms with Gasteiger partial charge in [-0.1, -0.05) is 58.0 Å². The molecule has 6 heteroatoms. The summed E-state index contributed by atoms with van der Waals surface area (Å²) in [5.41, 5.74) is 6.39. The van der Waals surface area contributed by atoms with E-state index in [1.54, 1.807) is 11.9 Å². The van der Waals surface area contributed by atoms with Crippen LogP contribution in [-0.4, -0.2) is 36.9 Å². The Morgan fingerprint density at radius 1 is 1.20 bits per heavy atom. The molecule has 1 aromatic rings. The minimum atomic E-state index is -0.670. The molecule has 1 unspecified atom stereocenters. The van der Waals surface area contributed by atoms with Crippen LogP contribution >= 0.6 is 12.4 Å². The molecule has 1 rings (SSSR count). The summed E-state index contributed by atoms with van der Waals surface area (Å²) in [6, 6.07) is 8.68. The average molecular weight is 370 g/mol. The standard InChI is InChI=1S/C19H31N3O2.ClH/c1-14(2)11-16(23)21-17(15-9-7-6-8-10-15)18(24)22(5)13-19(3,4)12-20;/h6-10,14,17H,11-13,20H2,1-5H3,(H,21,23);1H. The molecule has 5 nitrogen and oxygen atoms in total. The number of nitrogens with zero attached hydrogens (tertiary/aromatic N) is 1. The second-order valence-electron chi connectivity index (χ2n) is 7.57. The topological polar surface area (TPSA) is 75.4 Å². The minimum Gasteiger partial charge on any atom is -0.343 e. The maximum absolute atomic E-state index is 12.9. The molecule has 1 atom stereocenters. The number of benzene rings is 1. The predicted molar refractivity (Wildman–Crippen MR) is 105 cm³/mol. The van der Waals surface area contributed by atoms with Gasteiger partial charge in [0.1, 0.15) is 6.04 Å². The molecule has 142 valence electrons. The summed E-state index contributed by atoms with van der Waals surface area (Å²) in [5, 5.41) is 2.89. The number of likely N-dealkylation sites (N-methyl/N-ethyl adjacent to an activating group) is 1. The summed E-state index contributed by atoms with van der Waals surface area (Å²) in [6.45, 7) is 9.02. The summed E-state index contributed by atoms with van der Waals surface area (Å²) in [6.07, 6.45) is 0.397. The van der Waals surface area contributed by atoms with Crippen LogP contribution in [0.1, 0.15) is 45.7 Å². The number of rotatable bonds is 8. The van der Waals surface area contributed by atoms with Gasteiger partial charge in [0.05, 0.1) is 0 Å². The van der Waals surface area contributed by atoms with Crippen molar-refractivity contribution in [3.63, 3.8) is 0 Å². The molecule has 0 aliphatic heterocycles. The number of nitrogens with two attached hydrogens (primary N) is 1. The number of carbonyl (C=O) groups excluding carboxylic acids is 2. The highest BCUT2D eigenvalue weighted by Gasteiger charge is 2.28. The normalized spacial score (nSPS) is 12.3. The van der Waals surface area contributed by atoms with E-state index >= 15 is 0 Å². The number of nitrogens with one attached hydrogen (secondary N) is 1. The van der Waals surface area contributed by atoms with Gasteiger partial charge in [-0.05, 0) is 23.4 Å². The third-order valence-electron chi connectivity index (χ3n) is 3.87. The van der Waals surface area contributed by atoms with Crippen LogP contribution in [0.3, 0.4) is 0 Å². The second-order valence-corrected chi connectivity index (χ2v) is 7.57. The lowest BCUT2D eigenvalue weighted by Crippen LogP contribution is -2.46. The molecular formula is C19H32ClN3O2. The van der Waals surface area contributed by atoms with E-state index in [-0.39, 0.29) is 35.6 Å². The lowest BCUT2D eigenvalue weighted by molar-refractivity contribution is -0.136. The van der Waals surface area contributed by atoms with E-state index in [0.717, 1.165) is 5.56 Å². The predicted octanol–water partition coefficient (Wildman–Crippen LogP) is 2.76. The van der Waals surface area contributed by atoms with Gasteiger partial charge in [0.25, 0.3) is 0 Å². The lowest BCUT2D eigenvalue weighted by atomic mass is 9.92. The third-order valence-corrected chi connectivity index (χ3v) is 3.87. The Hall–Kier alpha value is -1.59. The summed E-state index contributed by atoms with van der Waals surface area (Å²) in [7, 11) is 1.75. The van der Waals surface area contributed by atoms with Crippen molar-refractivity contribution in [1.29, 1.82) is 0 Å². The zero-order valence-electron chi connectivity index (χ0n) is 15.9. The summed E-state index contributed by atoms with van der Waals surface area (Å²) < 4.78 is 0. The molecule has 1 aromatic carbocycles. The van der Waals surface area contributed by atoms with E-state index in [1.807, 2.05) is 58.0 Å². The molecule has 0 spiro atoms. The zero-order chi connectivity index (χ0) is 18.3. The van der Waals surface area contributed by atoms with Gasteiger partial charge >= 0.3 is 0 Å². The van der Waals surface area contributed by atoms with Crippen molar-refractivity contribution in [2.24, 2.45) is 17.1 Å². The van der Waals surface area contributed by atoms with Gasteiger partial charge in [-0.25, -0.2) is 0 Å². The fourth-order valence-corrected chi connectivity index (χ4v) is 2.53. The van der Waals surface area contributed by atoms with E-state index < -0.39 is 6.04 Å². The molecule has 0 fully saturated rings. The Balaban J connectivity index is 0.00000576. The smallest absolute Gasteiger partial charge is 0.249 e. The number of halogens is 1. The molecule has 0 heterocycles. The first-order chi connectivity index (χ1) is 11.2. The molecule has 3 N–H and O–H groups in total. The summed E-state index contributed by atoms with van der Waals surface area (Å²) in [4.78, 5) is 26.8. The second kappa shape index (κ2) is 10.4. The number of amides is 2. The molecule has 0 aromatic heterocycles. The van der Waals surface area contributed by atoms with Crippen molar-refractivity contribution in [2.45, 2.75) is 40.2 Å². The maximum Gasteiger partial charge on any atom is 0.249 e. The number of hydrogen-bond acceptors (Lipinski definition) is 3. The fraction of sp³-hybridized carbons (Fsp3) is 0.579. The van der Waals surface area contributed by atoms with Gasteiger partial charge < -0.3 is 16.0 Å². The van der Waals surface area contributed by atoms with Crippen molar-refractivity contribution in [2.75, 3.05) is 20.1 Å². The first-order valence-electron chi connectivity index (χ1n) is 8.45. The van der Waals surface area contributed by atoms with E-state index in [2.05, 4.69) is 5.32 Å². The van der Waals surface area contributed by atoms with E-state index in [0.29, 0.717) is 19.5 Å². The first-order valence-corrected chi connectivity index (χ1v) is 8.45. The highest BCUT2D eigenvalue weighted by molar-refractivity contribution is 5.88. The van der Waals surface area contributed by atoms with Crippen LogP contribution in [0.25, 0.3) is 0 Å². The van der Waals surface area contributed by atoms with Crippen molar-refractivity contribution < 1.29 is 9.59 Å². The van der Waals surface area contributed by atoms with Gasteiger partial charge in [0.15, 0.2) is 0 Å². The maximum atomic E-state index is 12.9. The Morgan fingerprint density at radius 3 is 2.24 bits per heavy atom. The molecule has 0 aliphatic rings. The van der Waals surface area contributed by atoms with Crippen molar-refractivity contribution >= 4 is 24.2 Å². The average Bonchev–Trinajstić information content (AvgIpc) is 2.51. The van der Waals surface area contributed by atoms with Crippen LogP contribution in [-0.2, 0) is 9.59 Å². The molecule has 0 bridgehead atoms. The Labute approximate surface area is 157 Å². The quantitative estimate of drug-likeness (QED) is 0.739. The minimum absolute atomic E-state index is 0. The van der Waals surface area contributed by atoms with Crippen LogP contribution in [0.2, 0.25) is 0 Å². The number of carbonyl (C=O) groups is 2. The van der Waals surface area contributed by atoms with Crippen molar-refractivity contribution in [1.82, 2.24) is 10.2 Å². The highest BCUT2D eigenvalue weighted by Crippen LogP contribution is 2.20. The molecule has 0 saturated heterocycles. The van der Waals surface area contributed by atoms with Crippen LogP contribution in [0.5, 0.6) is 0 Å². The van der Waals surface area contributed by atoms with Gasteiger partial charge in [-0.15, -0.1) is 12.4 Å². The van der Waals surface area contributed by atoms with E-state index in [1.165, 1.54) is 0 Å². The van der Waals surface area contributed by atoms with Crippen molar-refractivity contribution in [3.8, 4) is 0 Å². The van der Waals surface area contributed by atoms with Crippen molar-refractivity contribution in [3.05, 3.63) is 35.9 Å². The monoisotopic (exact) mass is 369 g/mol. The summed E-state index contributed by atoms with van der Waals surface area (Å²) >= 11 is 0. The molecular weight excluding hydrogens is 338 g/mol. The third kappa shape index (κ3) is 7.88. The largest absolute Gasteiger partial charge is 0.343 e. The lowest BCUT2D eigenvalue weighted by Gasteiger charge is -2.32. The Kier molecular flexibility index (Phi) is 9.75. The van der Waals surface area contributed by atoms with Gasteiger partial charge in [-0.3, -0.25) is 9.59 Å². The molecule has 0 radical (unpaired) electrons. The van der Waals surface area contributed by atoms with Crippen LogP contribution in [0, 0.1) is 11.3 Å². The SMILES string of the molecule is CC(C)CC(=O)NC(C(=O)N(C)CC(C)(C)CN)c1ccccc1.Cl. The zero-order valence-corrected chi connectivity index (χ0v) is 16.7.